The number of carbonyl (C=O) groups excluding carboxylic acids is 2. The fourth-order valence-electron chi connectivity index (χ4n) is 4.32. The summed E-state index contributed by atoms with van der Waals surface area (Å²) < 4.78 is 12.3. The summed E-state index contributed by atoms with van der Waals surface area (Å²) in [6.45, 7) is 9.32. The Balaban J connectivity index is 1.40. The molecule has 0 unspecified atom stereocenters. The molecule has 1 saturated carbocycles. The van der Waals surface area contributed by atoms with Gasteiger partial charge in [0, 0.05) is 24.7 Å². The number of hydrogen-bond acceptors (Lipinski definition) is 5. The van der Waals surface area contributed by atoms with E-state index >= 15 is 0 Å². The van der Waals surface area contributed by atoms with Crippen LogP contribution >= 0.6 is 0 Å². The van der Waals surface area contributed by atoms with Crippen molar-refractivity contribution in [1.82, 2.24) is 14.5 Å². The van der Waals surface area contributed by atoms with E-state index in [1.54, 1.807) is 22.5 Å². The first-order valence-corrected chi connectivity index (χ1v) is 9.82. The van der Waals surface area contributed by atoms with Gasteiger partial charge in [-0.15, -0.1) is 0 Å². The van der Waals surface area contributed by atoms with E-state index in [1.165, 1.54) is 5.56 Å². The van der Waals surface area contributed by atoms with Crippen molar-refractivity contribution < 1.29 is 19.1 Å². The normalized spacial score (nSPS) is 18.6. The van der Waals surface area contributed by atoms with E-state index in [0.29, 0.717) is 18.1 Å². The van der Waals surface area contributed by atoms with Crippen LogP contribution in [0.2, 0.25) is 0 Å². The summed E-state index contributed by atoms with van der Waals surface area (Å²) >= 11 is 0. The minimum atomic E-state index is -0.459. The van der Waals surface area contributed by atoms with Gasteiger partial charge in [-0.25, -0.2) is 14.1 Å². The minimum absolute atomic E-state index is 0.220. The number of amides is 1. The van der Waals surface area contributed by atoms with Gasteiger partial charge in [0.1, 0.15) is 11.2 Å². The molecule has 150 valence electrons. The number of esters is 1. The molecule has 3 heterocycles. The predicted octanol–water partition coefficient (Wildman–Crippen LogP) is 3.63. The van der Waals surface area contributed by atoms with Crippen LogP contribution in [0.1, 0.15) is 62.4 Å². The van der Waals surface area contributed by atoms with Crippen molar-refractivity contribution in [3.8, 4) is 0 Å². The van der Waals surface area contributed by atoms with Crippen molar-refractivity contribution in [2.24, 2.45) is 5.41 Å². The average Bonchev–Trinajstić information content (AvgIpc) is 2.94. The third-order valence-electron chi connectivity index (χ3n) is 5.58. The number of pyridine rings is 1. The lowest BCUT2D eigenvalue weighted by Crippen LogP contribution is -2.63. The Bertz CT molecular complexity index is 913. The van der Waals surface area contributed by atoms with Crippen molar-refractivity contribution in [3.05, 3.63) is 35.7 Å². The highest BCUT2D eigenvalue weighted by Gasteiger charge is 2.54. The Morgan fingerprint density at radius 1 is 1.29 bits per heavy atom. The third-order valence-corrected chi connectivity index (χ3v) is 5.58. The summed E-state index contributed by atoms with van der Waals surface area (Å²) in [4.78, 5) is 26.1. The number of likely N-dealkylation sites (tertiary alicyclic amines) is 1. The summed E-state index contributed by atoms with van der Waals surface area (Å²) in [5.41, 5.74) is 2.25. The molecule has 0 N–H and O–H groups in total. The molecule has 2 fully saturated rings. The smallest absolute Gasteiger partial charge is 0.410 e. The topological polar surface area (TPSA) is 73.1 Å². The van der Waals surface area contributed by atoms with Crippen LogP contribution in [0.15, 0.2) is 24.5 Å². The average molecular weight is 385 g/mol. The lowest BCUT2D eigenvalue weighted by atomic mass is 9.56. The van der Waals surface area contributed by atoms with Crippen molar-refractivity contribution in [2.75, 3.05) is 19.7 Å². The molecule has 2 aromatic rings. The molecule has 7 heteroatoms. The van der Waals surface area contributed by atoms with Crippen LogP contribution in [-0.2, 0) is 9.47 Å². The summed E-state index contributed by atoms with van der Waals surface area (Å²) in [5.74, 6) is 0.0995. The zero-order valence-electron chi connectivity index (χ0n) is 16.9. The highest BCUT2D eigenvalue weighted by atomic mass is 16.6. The predicted molar refractivity (Wildman–Crippen MR) is 103 cm³/mol. The van der Waals surface area contributed by atoms with Crippen molar-refractivity contribution in [3.63, 3.8) is 0 Å². The second-order valence-corrected chi connectivity index (χ2v) is 9.01. The Hall–Kier alpha value is -2.57. The zero-order chi connectivity index (χ0) is 20.1. The molecule has 0 atom stereocenters. The fourth-order valence-corrected chi connectivity index (χ4v) is 4.32. The van der Waals surface area contributed by atoms with Crippen LogP contribution in [0.3, 0.4) is 0 Å². The summed E-state index contributed by atoms with van der Waals surface area (Å²) in [5, 5.41) is 4.24. The van der Waals surface area contributed by atoms with Crippen molar-refractivity contribution in [1.29, 1.82) is 0 Å². The first-order valence-electron chi connectivity index (χ1n) is 9.82. The van der Waals surface area contributed by atoms with E-state index in [1.807, 2.05) is 33.0 Å². The molecule has 0 radical (unpaired) electrons. The molecule has 2 aromatic heterocycles. The first kappa shape index (κ1) is 18.8. The SMILES string of the molecule is CCOC(=O)c1cnn2ccc(C3CC4(C3)CN(C(=O)OC(C)(C)C)C4)cc12. The zero-order valence-corrected chi connectivity index (χ0v) is 16.9. The largest absolute Gasteiger partial charge is 0.462 e. The van der Waals surface area contributed by atoms with Crippen LogP contribution in [0.4, 0.5) is 4.79 Å². The highest BCUT2D eigenvalue weighted by Crippen LogP contribution is 2.56. The number of hydrogen-bond donors (Lipinski definition) is 0. The second-order valence-electron chi connectivity index (χ2n) is 9.01. The molecule has 2 aliphatic rings. The van der Waals surface area contributed by atoms with Gasteiger partial charge in [0.05, 0.1) is 18.3 Å². The van der Waals surface area contributed by atoms with Gasteiger partial charge >= 0.3 is 12.1 Å². The van der Waals surface area contributed by atoms with E-state index in [2.05, 4.69) is 11.2 Å². The van der Waals surface area contributed by atoms with E-state index in [9.17, 15) is 9.59 Å². The van der Waals surface area contributed by atoms with Gasteiger partial charge in [0.25, 0.3) is 0 Å². The van der Waals surface area contributed by atoms with Crippen LogP contribution < -0.4 is 0 Å². The first-order chi connectivity index (χ1) is 13.2. The summed E-state index contributed by atoms with van der Waals surface area (Å²) in [6, 6.07) is 4.11. The van der Waals surface area contributed by atoms with Gasteiger partial charge in [-0.2, -0.15) is 5.10 Å². The summed E-state index contributed by atoms with van der Waals surface area (Å²) in [7, 11) is 0. The van der Waals surface area contributed by atoms with Crippen LogP contribution in [0.25, 0.3) is 5.52 Å². The van der Waals surface area contributed by atoms with E-state index < -0.39 is 5.60 Å². The van der Waals surface area contributed by atoms with E-state index in [-0.39, 0.29) is 17.5 Å². The van der Waals surface area contributed by atoms with E-state index in [0.717, 1.165) is 31.4 Å². The standard InChI is InChI=1S/C21H27N3O4/c1-5-27-18(25)16-11-22-24-7-6-14(8-17(16)24)15-9-21(10-15)12-23(13-21)19(26)28-20(2,3)4/h6-8,11,15H,5,9-10,12-13H2,1-4H3. The van der Waals surface area contributed by atoms with Gasteiger partial charge in [0.15, 0.2) is 0 Å². The second kappa shape index (κ2) is 6.50. The van der Waals surface area contributed by atoms with Gasteiger partial charge in [-0.3, -0.25) is 0 Å². The van der Waals surface area contributed by atoms with Gasteiger partial charge in [0.2, 0.25) is 0 Å². The minimum Gasteiger partial charge on any atom is -0.462 e. The number of ether oxygens (including phenoxy) is 2. The Labute approximate surface area is 164 Å². The van der Waals surface area contributed by atoms with Gasteiger partial charge < -0.3 is 14.4 Å². The van der Waals surface area contributed by atoms with Gasteiger partial charge in [-0.05, 0) is 64.2 Å². The molecule has 28 heavy (non-hydrogen) atoms. The molecule has 0 aromatic carbocycles. The molecule has 1 amide bonds. The molecule has 1 aliphatic carbocycles. The highest BCUT2D eigenvalue weighted by molar-refractivity contribution is 5.96. The third kappa shape index (κ3) is 3.34. The lowest BCUT2D eigenvalue weighted by molar-refractivity contribution is -0.0786. The molecule has 1 aliphatic heterocycles. The van der Waals surface area contributed by atoms with Crippen molar-refractivity contribution in [2.45, 2.75) is 52.1 Å². The lowest BCUT2D eigenvalue weighted by Gasteiger charge is -2.58. The Morgan fingerprint density at radius 3 is 2.64 bits per heavy atom. The van der Waals surface area contributed by atoms with E-state index in [4.69, 9.17) is 9.47 Å². The molecule has 0 bridgehead atoms. The van der Waals surface area contributed by atoms with Crippen molar-refractivity contribution >= 4 is 17.6 Å². The molecule has 7 nitrogen and oxygen atoms in total. The number of rotatable bonds is 3. The molecule has 1 saturated heterocycles. The maximum Gasteiger partial charge on any atom is 0.410 e. The summed E-state index contributed by atoms with van der Waals surface area (Å²) in [6.07, 6.45) is 5.33. The van der Waals surface area contributed by atoms with Crippen LogP contribution in [0, 0.1) is 5.41 Å². The number of nitrogens with zero attached hydrogens (tertiary/aromatic N) is 3. The maximum absolute atomic E-state index is 12.1. The maximum atomic E-state index is 12.1. The monoisotopic (exact) mass is 385 g/mol. The van der Waals surface area contributed by atoms with Gasteiger partial charge in [-0.1, -0.05) is 0 Å². The number of carbonyl (C=O) groups is 2. The van der Waals surface area contributed by atoms with Crippen LogP contribution in [0.5, 0.6) is 0 Å². The molecular formula is C21H27N3O4. The van der Waals surface area contributed by atoms with Crippen LogP contribution in [-0.4, -0.2) is 51.9 Å². The number of aromatic nitrogens is 2. The molecular weight excluding hydrogens is 358 g/mol. The fraction of sp³-hybridized carbons (Fsp3) is 0.571. The molecule has 4 rings (SSSR count). The quantitative estimate of drug-likeness (QED) is 0.755. The number of fused-ring (bicyclic) bond motifs is 1. The Kier molecular flexibility index (Phi) is 4.36. The Morgan fingerprint density at radius 2 is 2.00 bits per heavy atom. The molecule has 1 spiro atoms.